The van der Waals surface area contributed by atoms with Gasteiger partial charge in [-0.05, 0) is 74.4 Å². The molecule has 4 rings (SSSR count). The molecule has 2 aromatic carbocycles. The Morgan fingerprint density at radius 2 is 1.68 bits per heavy atom. The molecular weight excluding hydrogens is 561 g/mol. The van der Waals surface area contributed by atoms with Crippen LogP contribution >= 0.6 is 23.2 Å². The molecule has 0 saturated carbocycles. The molecule has 0 bridgehead atoms. The molecule has 0 amide bonds. The lowest BCUT2D eigenvalue weighted by Crippen LogP contribution is -2.46. The van der Waals surface area contributed by atoms with Crippen LogP contribution in [0.25, 0.3) is 10.9 Å². The highest BCUT2D eigenvalue weighted by Gasteiger charge is 2.22. The van der Waals surface area contributed by atoms with Gasteiger partial charge < -0.3 is 14.4 Å². The van der Waals surface area contributed by atoms with Gasteiger partial charge >= 0.3 is 5.97 Å². The van der Waals surface area contributed by atoms with E-state index in [4.69, 9.17) is 32.7 Å². The molecule has 3 aromatic rings. The van der Waals surface area contributed by atoms with Gasteiger partial charge in [0.25, 0.3) is 5.56 Å². The summed E-state index contributed by atoms with van der Waals surface area (Å²) in [6.07, 6.45) is 1.96. The third kappa shape index (κ3) is 8.18. The standard InChI is InChI=1S/C32H41Cl2N3O4/c1-22(2)20-23(3)32(39)41-24(4)37-29-21-26(12-10-25(29)11-13-30(37)38)40-19-6-5-14-35-15-17-36(18-16-35)28-9-7-8-27(33)31(28)34/h7-13,21-24H,5-6,14-20H2,1-4H3. The topological polar surface area (TPSA) is 64.0 Å². The molecule has 41 heavy (non-hydrogen) atoms. The number of rotatable bonds is 12. The normalized spacial score (nSPS) is 15.7. The highest BCUT2D eigenvalue weighted by atomic mass is 35.5. The molecule has 2 atom stereocenters. The number of esters is 1. The van der Waals surface area contributed by atoms with Crippen LogP contribution in [-0.4, -0.2) is 54.8 Å². The molecule has 2 heterocycles. The molecular formula is C32H41Cl2N3O4. The number of carbonyl (C=O) groups excluding carboxylic acids is 1. The minimum absolute atomic E-state index is 0.218. The van der Waals surface area contributed by atoms with Crippen LogP contribution in [0.3, 0.4) is 0 Å². The molecule has 1 aromatic heterocycles. The van der Waals surface area contributed by atoms with E-state index >= 15 is 0 Å². The van der Waals surface area contributed by atoms with Gasteiger partial charge in [-0.1, -0.05) is 50.0 Å². The highest BCUT2D eigenvalue weighted by Crippen LogP contribution is 2.33. The zero-order valence-corrected chi connectivity index (χ0v) is 26.0. The molecule has 7 nitrogen and oxygen atoms in total. The first kappa shape index (κ1) is 31.2. The number of halogens is 2. The van der Waals surface area contributed by atoms with Crippen LogP contribution in [0.15, 0.2) is 53.3 Å². The number of aromatic nitrogens is 1. The van der Waals surface area contributed by atoms with Crippen LogP contribution < -0.4 is 15.2 Å². The number of piperazine rings is 1. The van der Waals surface area contributed by atoms with E-state index in [1.54, 1.807) is 13.0 Å². The van der Waals surface area contributed by atoms with E-state index in [0.717, 1.165) is 63.1 Å². The molecule has 1 saturated heterocycles. The molecule has 1 fully saturated rings. The van der Waals surface area contributed by atoms with Crippen molar-refractivity contribution in [2.45, 2.75) is 53.2 Å². The van der Waals surface area contributed by atoms with Gasteiger partial charge in [0, 0.05) is 38.3 Å². The number of pyridine rings is 1. The van der Waals surface area contributed by atoms with Crippen molar-refractivity contribution < 1.29 is 14.3 Å². The van der Waals surface area contributed by atoms with Gasteiger partial charge in [-0.2, -0.15) is 0 Å². The van der Waals surface area contributed by atoms with Gasteiger partial charge in [-0.25, -0.2) is 0 Å². The van der Waals surface area contributed by atoms with Crippen molar-refractivity contribution in [1.29, 1.82) is 0 Å². The first-order chi connectivity index (χ1) is 19.6. The molecule has 222 valence electrons. The van der Waals surface area contributed by atoms with E-state index < -0.39 is 6.23 Å². The quantitative estimate of drug-likeness (QED) is 0.164. The smallest absolute Gasteiger partial charge is 0.310 e. The number of fused-ring (bicyclic) bond motifs is 1. The van der Waals surface area contributed by atoms with E-state index in [1.807, 2.05) is 43.3 Å². The summed E-state index contributed by atoms with van der Waals surface area (Å²) in [5.74, 6) is 0.553. The maximum Gasteiger partial charge on any atom is 0.310 e. The maximum absolute atomic E-state index is 12.8. The van der Waals surface area contributed by atoms with Crippen molar-refractivity contribution in [1.82, 2.24) is 9.47 Å². The third-order valence-electron chi connectivity index (χ3n) is 7.56. The lowest BCUT2D eigenvalue weighted by Gasteiger charge is -2.36. The minimum Gasteiger partial charge on any atom is -0.494 e. The second-order valence-electron chi connectivity index (χ2n) is 11.3. The van der Waals surface area contributed by atoms with Gasteiger partial charge in [0.15, 0.2) is 6.23 Å². The highest BCUT2D eigenvalue weighted by molar-refractivity contribution is 6.43. The summed E-state index contributed by atoms with van der Waals surface area (Å²) >= 11 is 12.6. The average molecular weight is 603 g/mol. The molecule has 0 spiro atoms. The van der Waals surface area contributed by atoms with Gasteiger partial charge in [-0.15, -0.1) is 0 Å². The minimum atomic E-state index is -0.723. The Hall–Kier alpha value is -2.74. The van der Waals surface area contributed by atoms with E-state index in [9.17, 15) is 9.59 Å². The zero-order valence-electron chi connectivity index (χ0n) is 24.4. The monoisotopic (exact) mass is 601 g/mol. The predicted octanol–water partition coefficient (Wildman–Crippen LogP) is 7.03. The Bertz CT molecular complexity index is 1390. The van der Waals surface area contributed by atoms with E-state index in [2.05, 4.69) is 23.6 Å². The van der Waals surface area contributed by atoms with Crippen molar-refractivity contribution in [3.05, 3.63) is 68.9 Å². The van der Waals surface area contributed by atoms with Gasteiger partial charge in [0.1, 0.15) is 5.75 Å². The van der Waals surface area contributed by atoms with Gasteiger partial charge in [0.05, 0.1) is 33.8 Å². The van der Waals surface area contributed by atoms with Crippen molar-refractivity contribution in [2.24, 2.45) is 11.8 Å². The Morgan fingerprint density at radius 1 is 0.951 bits per heavy atom. The van der Waals surface area contributed by atoms with E-state index in [1.165, 1.54) is 10.6 Å². The first-order valence-corrected chi connectivity index (χ1v) is 15.3. The SMILES string of the molecule is CC(C)CC(C)C(=O)OC(C)n1c(=O)ccc2ccc(OCCCCN3CCN(c4cccc(Cl)c4Cl)CC3)cc21. The summed E-state index contributed by atoms with van der Waals surface area (Å²) in [5.41, 5.74) is 1.47. The van der Waals surface area contributed by atoms with Crippen LogP contribution in [0, 0.1) is 11.8 Å². The number of carbonyl (C=O) groups is 1. The van der Waals surface area contributed by atoms with Crippen LogP contribution in [0.1, 0.15) is 53.2 Å². The zero-order chi connectivity index (χ0) is 29.5. The van der Waals surface area contributed by atoms with Gasteiger partial charge in [-0.3, -0.25) is 19.1 Å². The number of anilines is 1. The van der Waals surface area contributed by atoms with Crippen LogP contribution in [0.4, 0.5) is 5.69 Å². The Labute approximate surface area is 252 Å². The second-order valence-corrected chi connectivity index (χ2v) is 12.1. The summed E-state index contributed by atoms with van der Waals surface area (Å²) in [6.45, 7) is 13.1. The predicted molar refractivity (Wildman–Crippen MR) is 167 cm³/mol. The molecule has 9 heteroatoms. The van der Waals surface area contributed by atoms with Gasteiger partial charge in [0.2, 0.25) is 0 Å². The molecule has 1 aliphatic heterocycles. The number of benzene rings is 2. The third-order valence-corrected chi connectivity index (χ3v) is 8.37. The first-order valence-electron chi connectivity index (χ1n) is 14.5. The molecule has 1 aliphatic rings. The lowest BCUT2D eigenvalue weighted by atomic mass is 9.99. The summed E-state index contributed by atoms with van der Waals surface area (Å²) in [4.78, 5) is 30.2. The number of hydrogen-bond donors (Lipinski definition) is 0. The molecule has 0 aliphatic carbocycles. The summed E-state index contributed by atoms with van der Waals surface area (Å²) < 4.78 is 13.3. The van der Waals surface area contributed by atoms with Crippen molar-refractivity contribution in [3.63, 3.8) is 0 Å². The number of hydrogen-bond acceptors (Lipinski definition) is 6. The largest absolute Gasteiger partial charge is 0.494 e. The number of nitrogens with zero attached hydrogens (tertiary/aromatic N) is 3. The van der Waals surface area contributed by atoms with Crippen molar-refractivity contribution >= 4 is 45.8 Å². The lowest BCUT2D eigenvalue weighted by molar-refractivity contribution is -0.157. The molecule has 2 unspecified atom stereocenters. The second kappa shape index (κ2) is 14.4. The van der Waals surface area contributed by atoms with Crippen molar-refractivity contribution in [3.8, 4) is 5.75 Å². The maximum atomic E-state index is 12.8. The van der Waals surface area contributed by atoms with E-state index in [-0.39, 0.29) is 17.4 Å². The number of unbranched alkanes of at least 4 members (excludes halogenated alkanes) is 1. The molecule has 0 radical (unpaired) electrons. The summed E-state index contributed by atoms with van der Waals surface area (Å²) in [7, 11) is 0. The Balaban J connectivity index is 1.27. The van der Waals surface area contributed by atoms with Crippen LogP contribution in [0.5, 0.6) is 5.75 Å². The summed E-state index contributed by atoms with van der Waals surface area (Å²) in [6, 6.07) is 14.8. The fourth-order valence-electron chi connectivity index (χ4n) is 5.41. The van der Waals surface area contributed by atoms with Crippen molar-refractivity contribution in [2.75, 3.05) is 44.2 Å². The summed E-state index contributed by atoms with van der Waals surface area (Å²) in [5, 5.41) is 2.09. The Morgan fingerprint density at radius 3 is 2.41 bits per heavy atom. The van der Waals surface area contributed by atoms with Crippen LogP contribution in [0.2, 0.25) is 10.0 Å². The molecule has 0 N–H and O–H groups in total. The number of ether oxygens (including phenoxy) is 2. The van der Waals surface area contributed by atoms with Crippen LogP contribution in [-0.2, 0) is 9.53 Å². The fraction of sp³-hybridized carbons (Fsp3) is 0.500. The Kier molecular flexibility index (Phi) is 11.0. The van der Waals surface area contributed by atoms with E-state index in [0.29, 0.717) is 33.8 Å². The fourth-order valence-corrected chi connectivity index (χ4v) is 5.83. The average Bonchev–Trinajstić information content (AvgIpc) is 2.94.